The summed E-state index contributed by atoms with van der Waals surface area (Å²) in [4.78, 5) is 0. The summed E-state index contributed by atoms with van der Waals surface area (Å²) in [5.74, 6) is 0. The molecule has 0 amide bonds. The van der Waals surface area contributed by atoms with Crippen LogP contribution in [0.4, 0.5) is 0 Å². The Kier molecular flexibility index (Phi) is 1.66. The Labute approximate surface area is 40.8 Å². The second-order valence-corrected chi connectivity index (χ2v) is 2.61. The third-order valence-electron chi connectivity index (χ3n) is 0.949. The van der Waals surface area contributed by atoms with E-state index >= 15 is 0 Å². The van der Waals surface area contributed by atoms with Crippen molar-refractivity contribution in [2.75, 3.05) is 21.1 Å². The fourth-order valence-corrected chi connectivity index (χ4v) is 0. The van der Waals surface area contributed by atoms with Gasteiger partial charge in [-0.1, -0.05) is 0 Å². The van der Waals surface area contributed by atoms with Crippen LogP contribution in [0, 0.1) is 0 Å². The minimum atomic E-state index is 1.07. The van der Waals surface area contributed by atoms with Crippen molar-refractivity contribution in [1.82, 2.24) is 0 Å². The minimum absolute atomic E-state index is 1.07. The topological polar surface area (TPSA) is 0 Å². The zero-order chi connectivity index (χ0) is 5.21. The van der Waals surface area contributed by atoms with Gasteiger partial charge in [0.2, 0.25) is 0 Å². The van der Waals surface area contributed by atoms with E-state index in [9.17, 15) is 0 Å². The molecule has 0 N–H and O–H groups in total. The van der Waals surface area contributed by atoms with E-state index in [1.165, 1.54) is 7.41 Å². The van der Waals surface area contributed by atoms with Crippen molar-refractivity contribution in [1.29, 1.82) is 0 Å². The fraction of sp³-hybridized carbons (Fsp3) is 1.00. The molecule has 1 nitrogen and oxygen atoms in total. The van der Waals surface area contributed by atoms with Crippen LogP contribution in [0.15, 0.2) is 0 Å². The third kappa shape index (κ3) is 4.02. The molecule has 0 aliphatic carbocycles. The molecule has 0 heterocycles. The molecular formula is C4H13BN+. The van der Waals surface area contributed by atoms with Crippen LogP contribution in [0.3, 0.4) is 0 Å². The van der Waals surface area contributed by atoms with Crippen molar-refractivity contribution < 1.29 is 4.39 Å². The predicted molar refractivity (Wildman–Crippen MR) is 31.0 cm³/mol. The van der Waals surface area contributed by atoms with Crippen molar-refractivity contribution in [3.8, 4) is 0 Å². The van der Waals surface area contributed by atoms with E-state index in [0.29, 0.717) is 0 Å². The number of quaternary nitrogens is 1. The van der Waals surface area contributed by atoms with Crippen LogP contribution in [0.1, 0.15) is 0 Å². The molecule has 6 heavy (non-hydrogen) atoms. The van der Waals surface area contributed by atoms with Crippen LogP contribution in [0.25, 0.3) is 0 Å². The van der Waals surface area contributed by atoms with Crippen LogP contribution in [-0.4, -0.2) is 33.0 Å². The summed E-state index contributed by atoms with van der Waals surface area (Å²) in [6, 6.07) is 0. The molecule has 0 spiro atoms. The highest BCUT2D eigenvalue weighted by atomic mass is 15.2. The number of rotatable bonds is 1. The lowest BCUT2D eigenvalue weighted by atomic mass is 9.95. The first-order valence-corrected chi connectivity index (χ1v) is 2.36. The van der Waals surface area contributed by atoms with Crippen LogP contribution in [0.5, 0.6) is 0 Å². The lowest BCUT2D eigenvalue weighted by Gasteiger charge is -2.20. The Balaban J connectivity index is 3.17. The maximum atomic E-state index is 2.18. The van der Waals surface area contributed by atoms with E-state index < -0.39 is 0 Å². The number of hydrogen-bond acceptors (Lipinski definition) is 0. The van der Waals surface area contributed by atoms with Crippen LogP contribution in [0.2, 0.25) is 6.82 Å². The van der Waals surface area contributed by atoms with Crippen molar-refractivity contribution in [3.63, 3.8) is 0 Å². The van der Waals surface area contributed by atoms with Gasteiger partial charge in [-0.2, -0.15) is 0 Å². The lowest BCUT2D eigenvalue weighted by Crippen LogP contribution is -2.36. The van der Waals surface area contributed by atoms with E-state index in [4.69, 9.17) is 0 Å². The van der Waals surface area contributed by atoms with Crippen LogP contribution >= 0.6 is 0 Å². The van der Waals surface area contributed by atoms with Gasteiger partial charge in [-0.15, -0.1) is 0 Å². The van der Waals surface area contributed by atoms with Gasteiger partial charge in [0.05, 0.1) is 0 Å². The summed E-state index contributed by atoms with van der Waals surface area (Å²) >= 11 is 0. The summed E-state index contributed by atoms with van der Waals surface area (Å²) in [7, 11) is 7.75. The van der Waals surface area contributed by atoms with Crippen molar-refractivity contribution in [3.05, 3.63) is 0 Å². The molecular weight excluding hydrogens is 72.9 g/mol. The molecule has 0 radical (unpaired) electrons. The summed E-state index contributed by atoms with van der Waals surface area (Å²) in [6.07, 6.45) is 0. The Hall–Kier alpha value is 0.0249. The van der Waals surface area contributed by atoms with Crippen LogP contribution in [-0.2, 0) is 0 Å². The molecule has 0 aliphatic heterocycles. The average molecular weight is 86.0 g/mol. The Morgan fingerprint density at radius 1 is 1.17 bits per heavy atom. The minimum Gasteiger partial charge on any atom is -0.404 e. The molecule has 0 atom stereocenters. The smallest absolute Gasteiger partial charge is 0.386 e. The largest absolute Gasteiger partial charge is 0.404 e. The molecule has 0 saturated heterocycles. The molecule has 0 aliphatic rings. The average Bonchev–Trinajstić information content (AvgIpc) is 1.35. The van der Waals surface area contributed by atoms with Crippen molar-refractivity contribution in [2.24, 2.45) is 0 Å². The normalized spacial score (nSPS) is 11.3. The predicted octanol–water partition coefficient (Wildman–Crippen LogP) is 0.0922. The van der Waals surface area contributed by atoms with Gasteiger partial charge in [-0.25, -0.2) is 0 Å². The lowest BCUT2D eigenvalue weighted by molar-refractivity contribution is -0.755. The molecule has 0 bridgehead atoms. The van der Waals surface area contributed by atoms with E-state index in [1.807, 2.05) is 0 Å². The highest BCUT2D eigenvalue weighted by Gasteiger charge is 2.01. The van der Waals surface area contributed by atoms with E-state index in [2.05, 4.69) is 28.0 Å². The maximum absolute atomic E-state index is 2.18. The van der Waals surface area contributed by atoms with Crippen molar-refractivity contribution in [2.45, 2.75) is 6.82 Å². The Bertz CT molecular complexity index is 37.3. The molecule has 0 rings (SSSR count). The number of nitrogens with zero attached hydrogens (tertiary/aromatic N) is 1. The van der Waals surface area contributed by atoms with Gasteiger partial charge in [0.1, 0.15) is 0 Å². The van der Waals surface area contributed by atoms with E-state index in [1.54, 1.807) is 0 Å². The van der Waals surface area contributed by atoms with E-state index in [-0.39, 0.29) is 0 Å². The summed E-state index contributed by atoms with van der Waals surface area (Å²) in [5, 5.41) is 0. The van der Waals surface area contributed by atoms with Gasteiger partial charge < -0.3 is 4.39 Å². The molecule has 2 heteroatoms. The highest BCUT2D eigenvalue weighted by Crippen LogP contribution is 1.80. The third-order valence-corrected chi connectivity index (χ3v) is 0.949. The molecule has 0 aromatic heterocycles. The SMILES string of the molecule is CB[N+](C)(C)C. The first-order chi connectivity index (χ1) is 2.56. The van der Waals surface area contributed by atoms with E-state index in [0.717, 1.165) is 4.39 Å². The van der Waals surface area contributed by atoms with Gasteiger partial charge in [-0.3, -0.25) is 0 Å². The first kappa shape index (κ1) is 6.02. The molecule has 0 fully saturated rings. The van der Waals surface area contributed by atoms with Gasteiger partial charge in [-0.05, 0) is 6.82 Å². The summed E-state index contributed by atoms with van der Waals surface area (Å²) < 4.78 is 1.07. The molecule has 0 aromatic rings. The summed E-state index contributed by atoms with van der Waals surface area (Å²) in [6.45, 7) is 2.18. The van der Waals surface area contributed by atoms with Gasteiger partial charge in [0.15, 0.2) is 0 Å². The molecule has 0 saturated carbocycles. The molecule has 36 valence electrons. The van der Waals surface area contributed by atoms with Gasteiger partial charge in [0.25, 0.3) is 0 Å². The number of hydrogen-bond donors (Lipinski definition) is 0. The first-order valence-electron chi connectivity index (χ1n) is 2.36. The van der Waals surface area contributed by atoms with Crippen LogP contribution < -0.4 is 0 Å². The Morgan fingerprint density at radius 3 is 1.33 bits per heavy atom. The molecule has 0 unspecified atom stereocenters. The van der Waals surface area contributed by atoms with Gasteiger partial charge >= 0.3 is 7.41 Å². The monoisotopic (exact) mass is 86.1 g/mol. The van der Waals surface area contributed by atoms with Crippen molar-refractivity contribution >= 4 is 7.41 Å². The second-order valence-electron chi connectivity index (χ2n) is 2.61. The fourth-order valence-electron chi connectivity index (χ4n) is 0. The maximum Gasteiger partial charge on any atom is 0.386 e. The second kappa shape index (κ2) is 1.65. The standard InChI is InChI=1S/C4H13BN/c1-5-6(2,3)4/h5H,1-4H3/q+1. The molecule has 0 aromatic carbocycles. The highest BCUT2D eigenvalue weighted by molar-refractivity contribution is 6.23. The Morgan fingerprint density at radius 2 is 1.33 bits per heavy atom. The zero-order valence-electron chi connectivity index (χ0n) is 5.15. The van der Waals surface area contributed by atoms with Gasteiger partial charge in [0, 0.05) is 21.1 Å². The zero-order valence-corrected chi connectivity index (χ0v) is 5.15. The quantitative estimate of drug-likeness (QED) is 0.397. The summed E-state index contributed by atoms with van der Waals surface area (Å²) in [5.41, 5.74) is 0.